The van der Waals surface area contributed by atoms with Gasteiger partial charge >= 0.3 is 0 Å². The molecule has 1 N–H and O–H groups in total. The molecule has 0 saturated carbocycles. The van der Waals surface area contributed by atoms with Gasteiger partial charge in [0.25, 0.3) is 5.91 Å². The standard InChI is InChI=1S/C22H24N4OS/c27-22(20-15-24-21(28-20)13-17-7-3-1-4-8-17)25-18-9-10-19(23-14-18)16-26-11-5-2-6-12-26/h1,3-4,7-10,14-15H,2,5-6,11-13,16H2,(H,25,27). The number of aromatic nitrogens is 2. The van der Waals surface area contributed by atoms with E-state index in [0.717, 1.165) is 36.8 Å². The second-order valence-corrected chi connectivity index (χ2v) is 8.22. The number of hydrogen-bond acceptors (Lipinski definition) is 5. The van der Waals surface area contributed by atoms with Gasteiger partial charge in [0.15, 0.2) is 0 Å². The van der Waals surface area contributed by atoms with Crippen molar-refractivity contribution < 1.29 is 4.79 Å². The maximum absolute atomic E-state index is 12.5. The minimum atomic E-state index is -0.137. The van der Waals surface area contributed by atoms with E-state index in [1.54, 1.807) is 12.4 Å². The third kappa shape index (κ3) is 5.03. The Bertz CT molecular complexity index is 902. The molecule has 5 nitrogen and oxygen atoms in total. The molecule has 0 radical (unpaired) electrons. The summed E-state index contributed by atoms with van der Waals surface area (Å²) in [5.74, 6) is -0.137. The highest BCUT2D eigenvalue weighted by molar-refractivity contribution is 7.13. The van der Waals surface area contributed by atoms with Gasteiger partial charge in [0.1, 0.15) is 4.88 Å². The van der Waals surface area contributed by atoms with E-state index in [1.807, 2.05) is 30.3 Å². The van der Waals surface area contributed by atoms with Crippen LogP contribution in [0, 0.1) is 0 Å². The maximum atomic E-state index is 12.5. The molecule has 1 aliphatic heterocycles. The van der Waals surface area contributed by atoms with Crippen LogP contribution in [-0.2, 0) is 13.0 Å². The Morgan fingerprint density at radius 2 is 1.82 bits per heavy atom. The summed E-state index contributed by atoms with van der Waals surface area (Å²) >= 11 is 1.43. The molecule has 144 valence electrons. The number of nitrogens with one attached hydrogen (secondary N) is 1. The number of rotatable bonds is 6. The van der Waals surface area contributed by atoms with Crippen LogP contribution in [0.4, 0.5) is 5.69 Å². The second kappa shape index (κ2) is 9.08. The van der Waals surface area contributed by atoms with E-state index < -0.39 is 0 Å². The van der Waals surface area contributed by atoms with Crippen molar-refractivity contribution in [3.05, 3.63) is 76.0 Å². The lowest BCUT2D eigenvalue weighted by atomic mass is 10.1. The number of thiazole rings is 1. The Balaban J connectivity index is 1.33. The number of carbonyl (C=O) groups excluding carboxylic acids is 1. The van der Waals surface area contributed by atoms with Gasteiger partial charge in [-0.2, -0.15) is 0 Å². The van der Waals surface area contributed by atoms with Crippen molar-refractivity contribution in [2.24, 2.45) is 0 Å². The number of nitrogens with zero attached hydrogens (tertiary/aromatic N) is 3. The molecule has 6 heteroatoms. The van der Waals surface area contributed by atoms with Crippen LogP contribution in [0.3, 0.4) is 0 Å². The molecule has 0 bridgehead atoms. The highest BCUT2D eigenvalue weighted by Crippen LogP contribution is 2.19. The summed E-state index contributed by atoms with van der Waals surface area (Å²) in [7, 11) is 0. The number of anilines is 1. The third-order valence-corrected chi connectivity index (χ3v) is 5.89. The van der Waals surface area contributed by atoms with Crippen molar-refractivity contribution in [1.82, 2.24) is 14.9 Å². The molecule has 1 fully saturated rings. The number of likely N-dealkylation sites (tertiary alicyclic amines) is 1. The fourth-order valence-corrected chi connectivity index (χ4v) is 4.25. The van der Waals surface area contributed by atoms with Gasteiger partial charge in [0.2, 0.25) is 0 Å². The lowest BCUT2D eigenvalue weighted by Gasteiger charge is -2.25. The monoisotopic (exact) mass is 392 g/mol. The Morgan fingerprint density at radius 3 is 2.57 bits per heavy atom. The van der Waals surface area contributed by atoms with Crippen LogP contribution in [0.1, 0.15) is 45.2 Å². The topological polar surface area (TPSA) is 58.1 Å². The van der Waals surface area contributed by atoms with E-state index in [-0.39, 0.29) is 5.91 Å². The molecule has 0 aliphatic carbocycles. The minimum Gasteiger partial charge on any atom is -0.320 e. The summed E-state index contributed by atoms with van der Waals surface area (Å²) in [6.45, 7) is 3.18. The normalized spacial score (nSPS) is 14.7. The SMILES string of the molecule is O=C(Nc1ccc(CN2CCCCC2)nc1)c1cnc(Cc2ccccc2)s1. The van der Waals surface area contributed by atoms with Gasteiger partial charge in [-0.15, -0.1) is 11.3 Å². The van der Waals surface area contributed by atoms with Gasteiger partial charge in [-0.1, -0.05) is 36.8 Å². The van der Waals surface area contributed by atoms with Crippen molar-refractivity contribution in [2.75, 3.05) is 18.4 Å². The molecule has 0 atom stereocenters. The number of amides is 1. The largest absolute Gasteiger partial charge is 0.320 e. The molecule has 1 saturated heterocycles. The van der Waals surface area contributed by atoms with Crippen LogP contribution in [0.25, 0.3) is 0 Å². The number of pyridine rings is 1. The molecule has 28 heavy (non-hydrogen) atoms. The molecule has 0 spiro atoms. The smallest absolute Gasteiger partial charge is 0.267 e. The summed E-state index contributed by atoms with van der Waals surface area (Å²) in [5.41, 5.74) is 2.95. The molecule has 2 aromatic heterocycles. The second-order valence-electron chi connectivity index (χ2n) is 7.11. The van der Waals surface area contributed by atoms with Gasteiger partial charge in [-0.3, -0.25) is 14.7 Å². The van der Waals surface area contributed by atoms with Crippen molar-refractivity contribution in [3.8, 4) is 0 Å². The van der Waals surface area contributed by atoms with Crippen LogP contribution < -0.4 is 5.32 Å². The summed E-state index contributed by atoms with van der Waals surface area (Å²) in [6.07, 6.45) is 8.01. The highest BCUT2D eigenvalue weighted by atomic mass is 32.1. The molecule has 3 aromatic rings. The first-order valence-electron chi connectivity index (χ1n) is 9.73. The average molecular weight is 393 g/mol. The fraction of sp³-hybridized carbons (Fsp3) is 0.318. The van der Waals surface area contributed by atoms with Crippen molar-refractivity contribution >= 4 is 22.9 Å². The van der Waals surface area contributed by atoms with E-state index >= 15 is 0 Å². The first-order chi connectivity index (χ1) is 13.8. The number of piperidine rings is 1. The number of hydrogen-bond donors (Lipinski definition) is 1. The molecule has 1 aliphatic rings. The quantitative estimate of drug-likeness (QED) is 0.677. The minimum absolute atomic E-state index is 0.137. The summed E-state index contributed by atoms with van der Waals surface area (Å²) in [4.78, 5) is 24.5. The van der Waals surface area contributed by atoms with Crippen LogP contribution in [-0.4, -0.2) is 33.9 Å². The predicted octanol–water partition coefficient (Wildman–Crippen LogP) is 4.37. The molecule has 1 aromatic carbocycles. The molecule has 4 rings (SSSR count). The number of benzene rings is 1. The van der Waals surface area contributed by atoms with Gasteiger partial charge < -0.3 is 5.32 Å². The van der Waals surface area contributed by atoms with Crippen LogP contribution >= 0.6 is 11.3 Å². The van der Waals surface area contributed by atoms with E-state index in [9.17, 15) is 4.79 Å². The lowest BCUT2D eigenvalue weighted by molar-refractivity contribution is 0.103. The Labute approximate surface area is 169 Å². The van der Waals surface area contributed by atoms with E-state index in [2.05, 4.69) is 32.3 Å². The molecular weight excluding hydrogens is 368 g/mol. The maximum Gasteiger partial charge on any atom is 0.267 e. The molecule has 3 heterocycles. The van der Waals surface area contributed by atoms with Crippen molar-refractivity contribution in [2.45, 2.75) is 32.2 Å². The Hall–Kier alpha value is -2.57. The first-order valence-corrected chi connectivity index (χ1v) is 10.6. The van der Waals surface area contributed by atoms with Crippen molar-refractivity contribution in [3.63, 3.8) is 0 Å². The summed E-state index contributed by atoms with van der Waals surface area (Å²) in [6, 6.07) is 14.1. The Kier molecular flexibility index (Phi) is 6.09. The Morgan fingerprint density at radius 1 is 1.00 bits per heavy atom. The first kappa shape index (κ1) is 18.8. The zero-order valence-electron chi connectivity index (χ0n) is 15.8. The summed E-state index contributed by atoms with van der Waals surface area (Å²) in [5, 5.41) is 3.86. The van der Waals surface area contributed by atoms with E-state index in [4.69, 9.17) is 0 Å². The predicted molar refractivity (Wildman–Crippen MR) is 113 cm³/mol. The summed E-state index contributed by atoms with van der Waals surface area (Å²) < 4.78 is 0. The van der Waals surface area contributed by atoms with Gasteiger partial charge in [0.05, 0.1) is 28.8 Å². The van der Waals surface area contributed by atoms with Gasteiger partial charge in [-0.25, -0.2) is 4.98 Å². The van der Waals surface area contributed by atoms with Gasteiger partial charge in [-0.05, 0) is 43.6 Å². The zero-order chi connectivity index (χ0) is 19.2. The van der Waals surface area contributed by atoms with Crippen LogP contribution in [0.2, 0.25) is 0 Å². The molecule has 0 unspecified atom stereocenters. The zero-order valence-corrected chi connectivity index (χ0v) is 16.6. The van der Waals surface area contributed by atoms with E-state index in [0.29, 0.717) is 10.6 Å². The van der Waals surface area contributed by atoms with Crippen LogP contribution in [0.15, 0.2) is 54.9 Å². The fourth-order valence-electron chi connectivity index (χ4n) is 3.40. The molecule has 1 amide bonds. The molecular formula is C22H24N4OS. The van der Waals surface area contributed by atoms with Crippen LogP contribution in [0.5, 0.6) is 0 Å². The van der Waals surface area contributed by atoms with E-state index in [1.165, 1.54) is 36.2 Å². The highest BCUT2D eigenvalue weighted by Gasteiger charge is 2.13. The third-order valence-electron chi connectivity index (χ3n) is 4.89. The average Bonchev–Trinajstić information content (AvgIpc) is 3.20. The van der Waals surface area contributed by atoms with Crippen molar-refractivity contribution in [1.29, 1.82) is 0 Å². The lowest BCUT2D eigenvalue weighted by Crippen LogP contribution is -2.29. The number of carbonyl (C=O) groups is 1. The van der Waals surface area contributed by atoms with Gasteiger partial charge in [0, 0.05) is 13.0 Å².